The lowest BCUT2D eigenvalue weighted by Gasteiger charge is -2.23. The summed E-state index contributed by atoms with van der Waals surface area (Å²) in [5.41, 5.74) is 5.62. The maximum absolute atomic E-state index is 13.5. The predicted molar refractivity (Wildman–Crippen MR) is 75.3 cm³/mol. The van der Waals surface area contributed by atoms with Gasteiger partial charge in [-0.15, -0.1) is 0 Å². The molecular formula is C13H14FN3O2S. The minimum atomic E-state index is -3.92. The topological polar surface area (TPSA) is 76.3 Å². The van der Waals surface area contributed by atoms with Crippen LogP contribution in [0.4, 0.5) is 15.8 Å². The third-order valence-electron chi connectivity index (χ3n) is 2.82. The van der Waals surface area contributed by atoms with Crippen molar-refractivity contribution in [1.82, 2.24) is 4.98 Å². The van der Waals surface area contributed by atoms with Gasteiger partial charge in [-0.05, 0) is 31.2 Å². The summed E-state index contributed by atoms with van der Waals surface area (Å²) in [6.07, 6.45) is 2.98. The second-order valence-corrected chi connectivity index (χ2v) is 5.86. The third kappa shape index (κ3) is 2.44. The van der Waals surface area contributed by atoms with Crippen molar-refractivity contribution >= 4 is 21.4 Å². The summed E-state index contributed by atoms with van der Waals surface area (Å²) in [6.45, 7) is 1.88. The molecule has 0 bridgehead atoms. The number of aromatic nitrogens is 1. The standard InChI is InChI=1S/C13H14FN3O2S/c1-2-17(10-6-8-16-9-7-10)20(18,19)12-5-3-4-11(14)13(12)15/h3-9H,2,15H2,1H3. The van der Waals surface area contributed by atoms with E-state index in [-0.39, 0.29) is 17.1 Å². The number of pyridine rings is 1. The summed E-state index contributed by atoms with van der Waals surface area (Å²) >= 11 is 0. The molecule has 0 radical (unpaired) electrons. The van der Waals surface area contributed by atoms with E-state index in [2.05, 4.69) is 4.98 Å². The first-order valence-corrected chi connectivity index (χ1v) is 7.39. The van der Waals surface area contributed by atoms with Crippen LogP contribution >= 0.6 is 0 Å². The fourth-order valence-corrected chi connectivity index (χ4v) is 3.47. The quantitative estimate of drug-likeness (QED) is 0.875. The Kier molecular flexibility index (Phi) is 3.89. The molecule has 1 heterocycles. The molecule has 0 amide bonds. The van der Waals surface area contributed by atoms with E-state index in [1.165, 1.54) is 24.5 Å². The van der Waals surface area contributed by atoms with Gasteiger partial charge in [0, 0.05) is 18.9 Å². The van der Waals surface area contributed by atoms with E-state index in [9.17, 15) is 12.8 Å². The van der Waals surface area contributed by atoms with Gasteiger partial charge in [0.25, 0.3) is 10.0 Å². The molecule has 2 aromatic rings. The molecule has 1 aromatic carbocycles. The van der Waals surface area contributed by atoms with E-state index in [0.717, 1.165) is 10.4 Å². The number of halogens is 1. The van der Waals surface area contributed by atoms with Crippen LogP contribution in [0.25, 0.3) is 0 Å². The van der Waals surface area contributed by atoms with Crippen molar-refractivity contribution in [2.75, 3.05) is 16.6 Å². The molecule has 0 fully saturated rings. The maximum atomic E-state index is 13.5. The molecule has 0 saturated carbocycles. The van der Waals surface area contributed by atoms with Crippen molar-refractivity contribution in [2.24, 2.45) is 0 Å². The van der Waals surface area contributed by atoms with Crippen molar-refractivity contribution in [2.45, 2.75) is 11.8 Å². The summed E-state index contributed by atoms with van der Waals surface area (Å²) in [4.78, 5) is 3.60. The van der Waals surface area contributed by atoms with Crippen molar-refractivity contribution in [3.8, 4) is 0 Å². The van der Waals surface area contributed by atoms with Gasteiger partial charge in [-0.2, -0.15) is 0 Å². The molecule has 20 heavy (non-hydrogen) atoms. The first-order valence-electron chi connectivity index (χ1n) is 5.95. The minimum absolute atomic E-state index is 0.197. The number of sulfonamides is 1. The number of benzene rings is 1. The van der Waals surface area contributed by atoms with Gasteiger partial charge in [0.15, 0.2) is 0 Å². The molecule has 2 N–H and O–H groups in total. The molecule has 5 nitrogen and oxygen atoms in total. The molecule has 0 spiro atoms. The zero-order valence-electron chi connectivity index (χ0n) is 10.8. The number of rotatable bonds is 4. The Morgan fingerprint density at radius 2 is 1.90 bits per heavy atom. The Bertz CT molecular complexity index is 705. The first-order chi connectivity index (χ1) is 9.48. The van der Waals surface area contributed by atoms with Crippen LogP contribution in [0.2, 0.25) is 0 Å². The lowest BCUT2D eigenvalue weighted by Crippen LogP contribution is -2.31. The van der Waals surface area contributed by atoms with Crippen LogP contribution in [-0.4, -0.2) is 19.9 Å². The number of para-hydroxylation sites is 1. The number of nitrogen functional groups attached to an aromatic ring is 1. The van der Waals surface area contributed by atoms with Crippen LogP contribution in [0, 0.1) is 5.82 Å². The summed E-state index contributed by atoms with van der Waals surface area (Å²) in [7, 11) is -3.92. The Hall–Kier alpha value is -2.15. The second kappa shape index (κ2) is 5.46. The monoisotopic (exact) mass is 295 g/mol. The smallest absolute Gasteiger partial charge is 0.266 e. The molecule has 0 aliphatic heterocycles. The Morgan fingerprint density at radius 1 is 1.25 bits per heavy atom. The van der Waals surface area contributed by atoms with Crippen LogP contribution in [0.5, 0.6) is 0 Å². The van der Waals surface area contributed by atoms with Crippen LogP contribution in [0.3, 0.4) is 0 Å². The average molecular weight is 295 g/mol. The van der Waals surface area contributed by atoms with Gasteiger partial charge in [0.1, 0.15) is 10.7 Å². The highest BCUT2D eigenvalue weighted by Crippen LogP contribution is 2.27. The summed E-state index contributed by atoms with van der Waals surface area (Å²) < 4.78 is 39.8. The molecule has 7 heteroatoms. The molecule has 106 valence electrons. The lowest BCUT2D eigenvalue weighted by molar-refractivity contribution is 0.588. The Balaban J connectivity index is 2.56. The summed E-state index contributed by atoms with van der Waals surface area (Å²) in [6, 6.07) is 6.86. The fourth-order valence-electron chi connectivity index (χ4n) is 1.86. The van der Waals surface area contributed by atoms with Gasteiger partial charge in [-0.25, -0.2) is 12.8 Å². The van der Waals surface area contributed by atoms with Crippen molar-refractivity contribution in [1.29, 1.82) is 0 Å². The maximum Gasteiger partial charge on any atom is 0.266 e. The van der Waals surface area contributed by atoms with Gasteiger partial charge >= 0.3 is 0 Å². The van der Waals surface area contributed by atoms with E-state index in [4.69, 9.17) is 5.73 Å². The van der Waals surface area contributed by atoms with Crippen LogP contribution in [-0.2, 0) is 10.0 Å². The number of hydrogen-bond donors (Lipinski definition) is 1. The Morgan fingerprint density at radius 3 is 2.50 bits per heavy atom. The van der Waals surface area contributed by atoms with Crippen molar-refractivity contribution in [3.05, 3.63) is 48.5 Å². The number of hydrogen-bond acceptors (Lipinski definition) is 4. The van der Waals surface area contributed by atoms with Crippen LogP contribution < -0.4 is 10.0 Å². The molecule has 0 atom stereocenters. The Labute approximate surface area is 116 Å². The van der Waals surface area contributed by atoms with E-state index in [0.29, 0.717) is 5.69 Å². The molecule has 0 aliphatic carbocycles. The highest BCUT2D eigenvalue weighted by Gasteiger charge is 2.26. The summed E-state index contributed by atoms with van der Waals surface area (Å²) in [5, 5.41) is 0. The molecule has 0 saturated heterocycles. The number of nitrogens with zero attached hydrogens (tertiary/aromatic N) is 2. The number of anilines is 2. The first kappa shape index (κ1) is 14.3. The largest absolute Gasteiger partial charge is 0.395 e. The molecule has 0 unspecified atom stereocenters. The third-order valence-corrected chi connectivity index (χ3v) is 4.78. The summed E-state index contributed by atoms with van der Waals surface area (Å²) in [5.74, 6) is -0.753. The van der Waals surface area contributed by atoms with E-state index < -0.39 is 15.8 Å². The van der Waals surface area contributed by atoms with Gasteiger partial charge in [-0.3, -0.25) is 9.29 Å². The molecule has 2 rings (SSSR count). The van der Waals surface area contributed by atoms with E-state index in [1.807, 2.05) is 0 Å². The average Bonchev–Trinajstić information content (AvgIpc) is 2.43. The van der Waals surface area contributed by atoms with E-state index >= 15 is 0 Å². The molecular weight excluding hydrogens is 281 g/mol. The highest BCUT2D eigenvalue weighted by atomic mass is 32.2. The highest BCUT2D eigenvalue weighted by molar-refractivity contribution is 7.93. The minimum Gasteiger partial charge on any atom is -0.395 e. The molecule has 0 aliphatic rings. The second-order valence-electron chi connectivity index (χ2n) is 4.03. The van der Waals surface area contributed by atoms with Crippen LogP contribution in [0.1, 0.15) is 6.92 Å². The SMILES string of the molecule is CCN(c1ccncc1)S(=O)(=O)c1cccc(F)c1N. The normalized spacial score (nSPS) is 11.3. The van der Waals surface area contributed by atoms with E-state index in [1.54, 1.807) is 19.1 Å². The van der Waals surface area contributed by atoms with Crippen molar-refractivity contribution < 1.29 is 12.8 Å². The zero-order chi connectivity index (χ0) is 14.8. The van der Waals surface area contributed by atoms with Gasteiger partial charge < -0.3 is 5.73 Å². The van der Waals surface area contributed by atoms with Gasteiger partial charge in [0.2, 0.25) is 0 Å². The van der Waals surface area contributed by atoms with Crippen LogP contribution in [0.15, 0.2) is 47.6 Å². The zero-order valence-corrected chi connectivity index (χ0v) is 11.6. The number of nitrogens with two attached hydrogens (primary N) is 1. The van der Waals surface area contributed by atoms with Gasteiger partial charge in [-0.1, -0.05) is 6.07 Å². The fraction of sp³-hybridized carbons (Fsp3) is 0.154. The molecule has 1 aromatic heterocycles. The predicted octanol–water partition coefficient (Wildman–Crippen LogP) is 2.02. The van der Waals surface area contributed by atoms with Gasteiger partial charge in [0.05, 0.1) is 11.4 Å². The van der Waals surface area contributed by atoms with Crippen molar-refractivity contribution in [3.63, 3.8) is 0 Å². The lowest BCUT2D eigenvalue weighted by atomic mass is 10.3.